The molecule has 10 nitrogen and oxygen atoms in total. The molecule has 1 atom stereocenters. The summed E-state index contributed by atoms with van der Waals surface area (Å²) in [7, 11) is 3.03. The number of aromatic nitrogens is 2. The van der Waals surface area contributed by atoms with E-state index in [2.05, 4.69) is 17.1 Å². The van der Waals surface area contributed by atoms with E-state index in [9.17, 15) is 14.7 Å². The second-order valence-corrected chi connectivity index (χ2v) is 12.6. The molecule has 1 N–H and O–H groups in total. The Balaban J connectivity index is 1.40. The molecule has 0 radical (unpaired) electrons. The van der Waals surface area contributed by atoms with Gasteiger partial charge in [0.05, 0.1) is 32.4 Å². The number of hydrogen-bond donors (Lipinski definition) is 1. The number of methoxy groups -OCH3 is 2. The zero-order valence-electron chi connectivity index (χ0n) is 25.4. The highest BCUT2D eigenvalue weighted by Gasteiger charge is 2.47. The van der Waals surface area contributed by atoms with Gasteiger partial charge >= 0.3 is 0 Å². The van der Waals surface area contributed by atoms with Crippen LogP contribution in [0.25, 0.3) is 11.0 Å². The first-order valence-corrected chi connectivity index (χ1v) is 16.4. The van der Waals surface area contributed by atoms with E-state index in [1.54, 1.807) is 42.5 Å². The smallest absolute Gasteiger partial charge is 0.296 e. The lowest BCUT2D eigenvalue weighted by molar-refractivity contribution is -0.117. The van der Waals surface area contributed by atoms with Crippen molar-refractivity contribution in [1.29, 1.82) is 0 Å². The van der Waals surface area contributed by atoms with Crippen LogP contribution in [-0.2, 0) is 10.5 Å². The molecule has 2 aromatic heterocycles. The van der Waals surface area contributed by atoms with Gasteiger partial charge < -0.3 is 23.7 Å². The van der Waals surface area contributed by atoms with Crippen molar-refractivity contribution >= 4 is 50.9 Å². The van der Waals surface area contributed by atoms with Gasteiger partial charge in [-0.25, -0.2) is 0 Å². The Hall–Kier alpha value is -4.81. The van der Waals surface area contributed by atoms with Gasteiger partial charge in [-0.05, 0) is 41.8 Å². The van der Waals surface area contributed by atoms with E-state index in [0.717, 1.165) is 18.4 Å². The molecular weight excluding hydrogens is 627 g/mol. The first kappa shape index (κ1) is 31.2. The first-order valence-electron chi connectivity index (χ1n) is 14.6. The van der Waals surface area contributed by atoms with E-state index in [-0.39, 0.29) is 16.5 Å². The van der Waals surface area contributed by atoms with E-state index in [0.29, 0.717) is 50.5 Å². The summed E-state index contributed by atoms with van der Waals surface area (Å²) in [5.74, 6) is -0.121. The monoisotopic (exact) mass is 657 g/mol. The Morgan fingerprint density at radius 2 is 1.80 bits per heavy atom. The van der Waals surface area contributed by atoms with Gasteiger partial charge in [0, 0.05) is 11.1 Å². The van der Waals surface area contributed by atoms with Crippen molar-refractivity contribution in [3.63, 3.8) is 0 Å². The summed E-state index contributed by atoms with van der Waals surface area (Å²) in [4.78, 5) is 29.2. The number of aliphatic hydroxyl groups is 1. The number of carbonyl (C=O) groups excluding carboxylic acids is 2. The highest BCUT2D eigenvalue weighted by Crippen LogP contribution is 2.46. The number of rotatable bonds is 13. The summed E-state index contributed by atoms with van der Waals surface area (Å²) in [5.41, 5.74) is 1.84. The molecule has 0 bridgehead atoms. The van der Waals surface area contributed by atoms with Crippen LogP contribution in [0.4, 0.5) is 5.13 Å². The molecule has 5 aromatic rings. The minimum absolute atomic E-state index is 0.0523. The fourth-order valence-electron chi connectivity index (χ4n) is 5.17. The van der Waals surface area contributed by atoms with Gasteiger partial charge in [0.2, 0.25) is 10.9 Å². The van der Waals surface area contributed by atoms with Gasteiger partial charge in [0.15, 0.2) is 38.7 Å². The van der Waals surface area contributed by atoms with Gasteiger partial charge in [-0.3, -0.25) is 14.5 Å². The molecule has 1 amide bonds. The lowest BCUT2D eigenvalue weighted by Gasteiger charge is -2.24. The normalized spacial score (nSPS) is 14.7. The predicted molar refractivity (Wildman–Crippen MR) is 176 cm³/mol. The minimum atomic E-state index is -1.06. The molecule has 0 aliphatic carbocycles. The largest absolute Gasteiger partial charge is 0.503 e. The topological polar surface area (TPSA) is 124 Å². The molecule has 1 unspecified atom stereocenters. The molecule has 0 spiro atoms. The summed E-state index contributed by atoms with van der Waals surface area (Å²) in [5, 5.41) is 20.8. The second kappa shape index (κ2) is 13.7. The summed E-state index contributed by atoms with van der Waals surface area (Å²) in [6.07, 6.45) is 1.84. The van der Waals surface area contributed by atoms with Crippen LogP contribution in [-0.4, -0.2) is 47.8 Å². The molecular formula is C34H31N3O7S2. The fourth-order valence-corrected chi connectivity index (χ4v) is 6.99. The maximum absolute atomic E-state index is 14.2. The fraction of sp³-hybridized carbons (Fsp3) is 0.235. The number of benzene rings is 3. The molecule has 1 aliphatic rings. The number of amides is 1. The van der Waals surface area contributed by atoms with Crippen LogP contribution in [0, 0.1) is 0 Å². The van der Waals surface area contributed by atoms with Crippen molar-refractivity contribution in [3.8, 4) is 17.2 Å². The number of unbranched alkanes of at least 4 members (excludes halogenated alkanes) is 1. The third-order valence-electron chi connectivity index (χ3n) is 7.47. The van der Waals surface area contributed by atoms with Crippen molar-refractivity contribution in [3.05, 3.63) is 101 Å². The summed E-state index contributed by atoms with van der Waals surface area (Å²) < 4.78 is 23.5. The van der Waals surface area contributed by atoms with Crippen molar-refractivity contribution in [2.75, 3.05) is 25.7 Å². The van der Waals surface area contributed by atoms with Crippen molar-refractivity contribution in [2.24, 2.45) is 0 Å². The van der Waals surface area contributed by atoms with Gasteiger partial charge in [-0.15, -0.1) is 10.2 Å². The van der Waals surface area contributed by atoms with Gasteiger partial charge in [-0.2, -0.15) is 0 Å². The standard InChI is InChI=1S/C34H31N3O7S2/c1-4-5-16-43-23-15-14-21(17-25(23)42-3)28-27(29(38)26-18-22-12-9-13-24(41-2)31(22)44-26)30(39)32(40)37(28)33-35-36-34(46-33)45-19-20-10-7-6-8-11-20/h6-15,17-18,28,39H,4-5,16,19H2,1-3H3. The van der Waals surface area contributed by atoms with Crippen LogP contribution in [0.15, 0.2) is 92.9 Å². The average molecular weight is 658 g/mol. The summed E-state index contributed by atoms with van der Waals surface area (Å²) >= 11 is 2.68. The Morgan fingerprint density at radius 3 is 2.57 bits per heavy atom. The third kappa shape index (κ3) is 6.05. The van der Waals surface area contributed by atoms with Crippen LogP contribution in [0.3, 0.4) is 0 Å². The van der Waals surface area contributed by atoms with E-state index in [1.165, 1.54) is 42.2 Å². The first-order chi connectivity index (χ1) is 22.4. The van der Waals surface area contributed by atoms with Crippen LogP contribution in [0.1, 0.15) is 47.5 Å². The predicted octanol–water partition coefficient (Wildman–Crippen LogP) is 7.56. The number of Topliss-reactive ketones (excluding diaryl/α,β-unsaturated/α-hetero) is 1. The molecule has 1 aliphatic heterocycles. The number of hydrogen-bond acceptors (Lipinski definition) is 11. The highest BCUT2D eigenvalue weighted by molar-refractivity contribution is 8.00. The number of anilines is 1. The Kier molecular flexibility index (Phi) is 9.27. The van der Waals surface area contributed by atoms with Crippen LogP contribution in [0.2, 0.25) is 0 Å². The van der Waals surface area contributed by atoms with E-state index >= 15 is 0 Å². The number of ether oxygens (including phenoxy) is 3. The van der Waals surface area contributed by atoms with E-state index in [1.807, 2.05) is 30.3 Å². The molecule has 6 rings (SSSR count). The lowest BCUT2D eigenvalue weighted by Crippen LogP contribution is -2.31. The Morgan fingerprint density at radius 1 is 1.00 bits per heavy atom. The Bertz CT molecular complexity index is 1920. The number of fused-ring (bicyclic) bond motifs is 1. The van der Waals surface area contributed by atoms with Crippen molar-refractivity contribution in [2.45, 2.75) is 35.9 Å². The van der Waals surface area contributed by atoms with Crippen molar-refractivity contribution in [1.82, 2.24) is 10.2 Å². The van der Waals surface area contributed by atoms with Crippen LogP contribution >= 0.6 is 23.1 Å². The summed E-state index contributed by atoms with van der Waals surface area (Å²) in [6.45, 7) is 2.58. The number of thioether (sulfide) groups is 1. The quantitative estimate of drug-likeness (QED) is 0.0587. The summed E-state index contributed by atoms with van der Waals surface area (Å²) in [6, 6.07) is 20.9. The maximum Gasteiger partial charge on any atom is 0.296 e. The van der Waals surface area contributed by atoms with Gasteiger partial charge in [0.1, 0.15) is 0 Å². The maximum atomic E-state index is 14.2. The molecule has 3 heterocycles. The molecule has 3 aromatic carbocycles. The van der Waals surface area contributed by atoms with Crippen molar-refractivity contribution < 1.29 is 33.3 Å². The zero-order chi connectivity index (χ0) is 32.2. The molecule has 236 valence electrons. The second-order valence-electron chi connectivity index (χ2n) is 10.4. The molecule has 12 heteroatoms. The van der Waals surface area contributed by atoms with E-state index in [4.69, 9.17) is 18.6 Å². The van der Waals surface area contributed by atoms with Crippen LogP contribution in [0.5, 0.6) is 17.2 Å². The zero-order valence-corrected chi connectivity index (χ0v) is 27.0. The molecule has 0 fully saturated rings. The van der Waals surface area contributed by atoms with Gasteiger partial charge in [0.25, 0.3) is 5.91 Å². The third-order valence-corrected chi connectivity index (χ3v) is 9.60. The average Bonchev–Trinajstić information content (AvgIpc) is 3.80. The number of furan rings is 1. The minimum Gasteiger partial charge on any atom is -0.503 e. The number of nitrogens with zero attached hydrogens (tertiary/aromatic N) is 3. The number of aliphatic hydroxyl groups excluding tert-OH is 1. The highest BCUT2D eigenvalue weighted by atomic mass is 32.2. The van der Waals surface area contributed by atoms with E-state index < -0.39 is 23.5 Å². The molecule has 0 saturated carbocycles. The van der Waals surface area contributed by atoms with Crippen LogP contribution < -0.4 is 19.1 Å². The number of para-hydroxylation sites is 1. The SMILES string of the molecule is CCCCOc1ccc(C2C(C(=O)c3cc4cccc(OC)c4o3)=C(O)C(=O)N2c2nnc(SCc3ccccc3)s2)cc1OC. The number of carbonyl (C=O) groups is 2. The molecule has 0 saturated heterocycles. The van der Waals surface area contributed by atoms with Gasteiger partial charge in [-0.1, -0.05) is 85.0 Å². The molecule has 46 heavy (non-hydrogen) atoms. The number of ketones is 1. The Labute approximate surface area is 273 Å². The lowest BCUT2D eigenvalue weighted by atomic mass is 9.95.